The van der Waals surface area contributed by atoms with E-state index in [2.05, 4.69) is 31.3 Å². The zero-order valence-electron chi connectivity index (χ0n) is 12.4. The van der Waals surface area contributed by atoms with Gasteiger partial charge in [0.2, 0.25) is 0 Å². The first-order valence-corrected chi connectivity index (χ1v) is 7.08. The van der Waals surface area contributed by atoms with Crippen LogP contribution in [0.1, 0.15) is 31.7 Å². The summed E-state index contributed by atoms with van der Waals surface area (Å²) < 4.78 is 10.6. The van der Waals surface area contributed by atoms with E-state index >= 15 is 0 Å². The van der Waals surface area contributed by atoms with Crippen LogP contribution in [0.25, 0.3) is 0 Å². The molecule has 0 saturated heterocycles. The molecule has 2 rings (SSSR count). The molecule has 0 bridgehead atoms. The van der Waals surface area contributed by atoms with Crippen LogP contribution in [0.5, 0.6) is 11.5 Å². The van der Waals surface area contributed by atoms with E-state index in [0.717, 1.165) is 36.4 Å². The highest BCUT2D eigenvalue weighted by Gasteiger charge is 2.38. The summed E-state index contributed by atoms with van der Waals surface area (Å²) in [5.74, 6) is 3.82. The predicted octanol–water partition coefficient (Wildman–Crippen LogP) is 3.05. The largest absolute Gasteiger partial charge is 0.493 e. The van der Waals surface area contributed by atoms with Gasteiger partial charge in [-0.1, -0.05) is 19.9 Å². The smallest absolute Gasteiger partial charge is 0.160 e. The number of benzene rings is 1. The minimum atomic E-state index is 0.680. The Bertz CT molecular complexity index is 417. The maximum Gasteiger partial charge on any atom is 0.160 e. The van der Waals surface area contributed by atoms with E-state index in [1.165, 1.54) is 12.0 Å². The minimum absolute atomic E-state index is 0.680. The number of methoxy groups -OCH3 is 2. The zero-order chi connectivity index (χ0) is 13.8. The molecule has 3 nitrogen and oxygen atoms in total. The molecule has 0 spiro atoms. The van der Waals surface area contributed by atoms with Crippen LogP contribution in [0.15, 0.2) is 18.2 Å². The number of hydrogen-bond acceptors (Lipinski definition) is 3. The van der Waals surface area contributed by atoms with Crippen molar-refractivity contribution in [3.8, 4) is 11.5 Å². The summed E-state index contributed by atoms with van der Waals surface area (Å²) in [6.45, 7) is 6.71. The average Bonchev–Trinajstić information content (AvgIpc) is 3.17. The summed E-state index contributed by atoms with van der Waals surface area (Å²) in [7, 11) is 3.36. The Balaban J connectivity index is 1.90. The first-order chi connectivity index (χ1) is 9.15. The number of nitrogens with one attached hydrogen (secondary N) is 1. The zero-order valence-corrected chi connectivity index (χ0v) is 12.4. The number of ether oxygens (including phenoxy) is 2. The molecule has 0 heterocycles. The van der Waals surface area contributed by atoms with Gasteiger partial charge in [-0.3, -0.25) is 0 Å². The SMILES string of the molecule is COc1ccc(C2CC2CNCC(C)C)cc1OC. The highest BCUT2D eigenvalue weighted by Crippen LogP contribution is 2.48. The van der Waals surface area contributed by atoms with E-state index in [9.17, 15) is 0 Å². The molecular weight excluding hydrogens is 238 g/mol. The molecule has 1 saturated carbocycles. The number of hydrogen-bond donors (Lipinski definition) is 1. The molecule has 1 fully saturated rings. The molecule has 0 radical (unpaired) electrons. The van der Waals surface area contributed by atoms with Crippen molar-refractivity contribution in [2.24, 2.45) is 11.8 Å². The lowest BCUT2D eigenvalue weighted by atomic mass is 10.1. The van der Waals surface area contributed by atoms with Crippen molar-refractivity contribution < 1.29 is 9.47 Å². The summed E-state index contributed by atoms with van der Waals surface area (Å²) in [5, 5.41) is 3.54. The van der Waals surface area contributed by atoms with E-state index in [0.29, 0.717) is 5.92 Å². The van der Waals surface area contributed by atoms with Crippen LogP contribution in [0.4, 0.5) is 0 Å². The molecule has 1 aliphatic rings. The maximum absolute atomic E-state index is 5.36. The van der Waals surface area contributed by atoms with Gasteiger partial charge < -0.3 is 14.8 Å². The van der Waals surface area contributed by atoms with E-state index in [1.807, 2.05) is 6.07 Å². The van der Waals surface area contributed by atoms with Gasteiger partial charge in [0, 0.05) is 0 Å². The van der Waals surface area contributed by atoms with Gasteiger partial charge in [-0.05, 0) is 55.0 Å². The van der Waals surface area contributed by atoms with Crippen LogP contribution >= 0.6 is 0 Å². The molecule has 19 heavy (non-hydrogen) atoms. The third kappa shape index (κ3) is 3.63. The molecule has 0 aromatic heterocycles. The van der Waals surface area contributed by atoms with Gasteiger partial charge in [0.1, 0.15) is 0 Å². The molecule has 1 aromatic rings. The standard InChI is InChI=1S/C16H25NO2/c1-11(2)9-17-10-13-7-14(13)12-5-6-15(18-3)16(8-12)19-4/h5-6,8,11,13-14,17H,7,9-10H2,1-4H3. The van der Waals surface area contributed by atoms with E-state index in [4.69, 9.17) is 9.47 Å². The van der Waals surface area contributed by atoms with Crippen LogP contribution in [-0.4, -0.2) is 27.3 Å². The first-order valence-electron chi connectivity index (χ1n) is 7.08. The second-order valence-electron chi connectivity index (χ2n) is 5.77. The molecule has 106 valence electrons. The molecule has 0 aliphatic heterocycles. The summed E-state index contributed by atoms with van der Waals surface area (Å²) in [5.41, 5.74) is 1.37. The highest BCUT2D eigenvalue weighted by atomic mass is 16.5. The summed E-state index contributed by atoms with van der Waals surface area (Å²) in [4.78, 5) is 0. The van der Waals surface area contributed by atoms with Crippen LogP contribution in [0, 0.1) is 11.8 Å². The van der Waals surface area contributed by atoms with Crippen molar-refractivity contribution in [2.45, 2.75) is 26.2 Å². The van der Waals surface area contributed by atoms with Crippen molar-refractivity contribution in [1.82, 2.24) is 5.32 Å². The third-order valence-corrected chi connectivity index (χ3v) is 3.72. The minimum Gasteiger partial charge on any atom is -0.493 e. The normalized spacial score (nSPS) is 21.5. The highest BCUT2D eigenvalue weighted by molar-refractivity contribution is 5.45. The average molecular weight is 263 g/mol. The molecule has 1 aromatic carbocycles. The fraction of sp³-hybridized carbons (Fsp3) is 0.625. The predicted molar refractivity (Wildman–Crippen MR) is 78.1 cm³/mol. The summed E-state index contributed by atoms with van der Waals surface area (Å²) in [6, 6.07) is 6.28. The fourth-order valence-corrected chi connectivity index (χ4v) is 2.52. The quantitative estimate of drug-likeness (QED) is 0.820. The second kappa shape index (κ2) is 6.29. The van der Waals surface area contributed by atoms with Crippen molar-refractivity contribution in [3.63, 3.8) is 0 Å². The molecule has 1 aliphatic carbocycles. The molecule has 3 heteroatoms. The molecular formula is C16H25NO2. The van der Waals surface area contributed by atoms with Gasteiger partial charge in [0.25, 0.3) is 0 Å². The Morgan fingerprint density at radius 1 is 1.21 bits per heavy atom. The monoisotopic (exact) mass is 263 g/mol. The van der Waals surface area contributed by atoms with E-state index in [1.54, 1.807) is 14.2 Å². The van der Waals surface area contributed by atoms with Crippen molar-refractivity contribution in [2.75, 3.05) is 27.3 Å². The van der Waals surface area contributed by atoms with Gasteiger partial charge in [-0.25, -0.2) is 0 Å². The Labute approximate surface area is 116 Å². The lowest BCUT2D eigenvalue weighted by Crippen LogP contribution is -2.22. The Hall–Kier alpha value is -1.22. The third-order valence-electron chi connectivity index (χ3n) is 3.72. The Morgan fingerprint density at radius 3 is 2.58 bits per heavy atom. The van der Waals surface area contributed by atoms with Gasteiger partial charge in [-0.15, -0.1) is 0 Å². The Kier molecular flexibility index (Phi) is 4.70. The summed E-state index contributed by atoms with van der Waals surface area (Å²) >= 11 is 0. The molecule has 2 atom stereocenters. The van der Waals surface area contributed by atoms with Crippen LogP contribution < -0.4 is 14.8 Å². The van der Waals surface area contributed by atoms with Gasteiger partial charge in [0.15, 0.2) is 11.5 Å². The van der Waals surface area contributed by atoms with Crippen molar-refractivity contribution >= 4 is 0 Å². The maximum atomic E-state index is 5.36. The lowest BCUT2D eigenvalue weighted by molar-refractivity contribution is 0.354. The Morgan fingerprint density at radius 2 is 1.95 bits per heavy atom. The fourth-order valence-electron chi connectivity index (χ4n) is 2.52. The molecule has 0 amide bonds. The molecule has 2 unspecified atom stereocenters. The van der Waals surface area contributed by atoms with Crippen molar-refractivity contribution in [3.05, 3.63) is 23.8 Å². The topological polar surface area (TPSA) is 30.5 Å². The van der Waals surface area contributed by atoms with Crippen molar-refractivity contribution in [1.29, 1.82) is 0 Å². The molecule has 1 N–H and O–H groups in total. The lowest BCUT2D eigenvalue weighted by Gasteiger charge is -2.10. The second-order valence-corrected chi connectivity index (χ2v) is 5.77. The van der Waals surface area contributed by atoms with Gasteiger partial charge in [0.05, 0.1) is 14.2 Å². The number of rotatable bonds is 7. The summed E-state index contributed by atoms with van der Waals surface area (Å²) in [6.07, 6.45) is 1.28. The van der Waals surface area contributed by atoms with Crippen LogP contribution in [0.2, 0.25) is 0 Å². The van der Waals surface area contributed by atoms with Gasteiger partial charge >= 0.3 is 0 Å². The van der Waals surface area contributed by atoms with Crippen LogP contribution in [-0.2, 0) is 0 Å². The van der Waals surface area contributed by atoms with E-state index < -0.39 is 0 Å². The van der Waals surface area contributed by atoms with Gasteiger partial charge in [-0.2, -0.15) is 0 Å². The first kappa shape index (κ1) is 14.2. The van der Waals surface area contributed by atoms with Crippen LogP contribution in [0.3, 0.4) is 0 Å². The van der Waals surface area contributed by atoms with E-state index in [-0.39, 0.29) is 0 Å².